The van der Waals surface area contributed by atoms with Crippen LogP contribution in [0.1, 0.15) is 11.1 Å². The summed E-state index contributed by atoms with van der Waals surface area (Å²) < 4.78 is 0. The SMILES string of the molecule is Cc1cc(NC(=O)/C=C/c2ccc(Cl)cc2)ccc1O. The monoisotopic (exact) mass is 287 g/mol. The second-order valence-electron chi connectivity index (χ2n) is 4.38. The molecule has 0 saturated carbocycles. The number of aromatic hydroxyl groups is 1. The number of phenolic OH excluding ortho intramolecular Hbond substituents is 1. The highest BCUT2D eigenvalue weighted by Crippen LogP contribution is 2.20. The third-order valence-electron chi connectivity index (χ3n) is 2.76. The van der Waals surface area contributed by atoms with Crippen molar-refractivity contribution in [3.8, 4) is 5.75 Å². The summed E-state index contributed by atoms with van der Waals surface area (Å²) in [7, 11) is 0. The molecule has 0 aliphatic rings. The Hall–Kier alpha value is -2.26. The van der Waals surface area contributed by atoms with Crippen molar-refractivity contribution >= 4 is 29.3 Å². The summed E-state index contributed by atoms with van der Waals surface area (Å²) in [5.74, 6) is -0.0234. The van der Waals surface area contributed by atoms with Gasteiger partial charge in [-0.05, 0) is 54.5 Å². The normalized spacial score (nSPS) is 10.7. The number of amides is 1. The third kappa shape index (κ3) is 3.87. The van der Waals surface area contributed by atoms with Crippen LogP contribution in [0.15, 0.2) is 48.5 Å². The lowest BCUT2D eigenvalue weighted by atomic mass is 10.2. The number of nitrogens with one attached hydrogen (secondary N) is 1. The molecule has 0 fully saturated rings. The lowest BCUT2D eigenvalue weighted by molar-refractivity contribution is -0.111. The van der Waals surface area contributed by atoms with Gasteiger partial charge in [-0.25, -0.2) is 0 Å². The van der Waals surface area contributed by atoms with Gasteiger partial charge < -0.3 is 10.4 Å². The van der Waals surface area contributed by atoms with Crippen molar-refractivity contribution in [2.45, 2.75) is 6.92 Å². The highest BCUT2D eigenvalue weighted by Gasteiger charge is 2.01. The van der Waals surface area contributed by atoms with Crippen LogP contribution in [-0.2, 0) is 4.79 Å². The van der Waals surface area contributed by atoms with Crippen molar-refractivity contribution in [3.05, 3.63) is 64.7 Å². The van der Waals surface area contributed by atoms with Crippen molar-refractivity contribution in [1.29, 1.82) is 0 Å². The van der Waals surface area contributed by atoms with E-state index in [0.29, 0.717) is 16.3 Å². The minimum absolute atomic E-state index is 0.208. The van der Waals surface area contributed by atoms with E-state index in [-0.39, 0.29) is 11.7 Å². The first-order chi connectivity index (χ1) is 9.54. The van der Waals surface area contributed by atoms with Crippen molar-refractivity contribution in [2.24, 2.45) is 0 Å². The van der Waals surface area contributed by atoms with Gasteiger partial charge in [-0.1, -0.05) is 23.7 Å². The van der Waals surface area contributed by atoms with E-state index in [1.807, 2.05) is 12.1 Å². The molecule has 0 heterocycles. The van der Waals surface area contributed by atoms with Gasteiger partial charge in [-0.15, -0.1) is 0 Å². The van der Waals surface area contributed by atoms with Gasteiger partial charge in [0.2, 0.25) is 5.91 Å². The molecule has 0 radical (unpaired) electrons. The number of carbonyl (C=O) groups is 1. The van der Waals surface area contributed by atoms with Crippen LogP contribution in [0.4, 0.5) is 5.69 Å². The Morgan fingerprint density at radius 1 is 1.20 bits per heavy atom. The fraction of sp³-hybridized carbons (Fsp3) is 0.0625. The van der Waals surface area contributed by atoms with Crippen molar-refractivity contribution in [1.82, 2.24) is 0 Å². The molecule has 0 spiro atoms. The number of rotatable bonds is 3. The molecule has 20 heavy (non-hydrogen) atoms. The van der Waals surface area contributed by atoms with E-state index in [0.717, 1.165) is 5.56 Å². The predicted octanol–water partition coefficient (Wildman–Crippen LogP) is 4.01. The minimum Gasteiger partial charge on any atom is -0.508 e. The maximum absolute atomic E-state index is 11.8. The molecule has 0 unspecified atom stereocenters. The molecule has 3 nitrogen and oxygen atoms in total. The Bertz CT molecular complexity index is 648. The largest absolute Gasteiger partial charge is 0.508 e. The fourth-order valence-electron chi connectivity index (χ4n) is 1.66. The van der Waals surface area contributed by atoms with Crippen LogP contribution >= 0.6 is 11.6 Å². The van der Waals surface area contributed by atoms with Gasteiger partial charge in [0.1, 0.15) is 5.75 Å². The molecule has 0 aromatic heterocycles. The van der Waals surface area contributed by atoms with Gasteiger partial charge in [0.15, 0.2) is 0 Å². The summed E-state index contributed by atoms with van der Waals surface area (Å²) in [4.78, 5) is 11.8. The molecular weight excluding hydrogens is 274 g/mol. The molecule has 2 rings (SSSR count). The Labute approximate surface area is 122 Å². The van der Waals surface area contributed by atoms with Crippen molar-refractivity contribution < 1.29 is 9.90 Å². The number of halogens is 1. The van der Waals surface area contributed by atoms with Crippen LogP contribution in [0, 0.1) is 6.92 Å². The molecule has 1 amide bonds. The Kier molecular flexibility index (Phi) is 4.43. The molecule has 2 aromatic rings. The van der Waals surface area contributed by atoms with E-state index in [1.165, 1.54) is 6.08 Å². The smallest absolute Gasteiger partial charge is 0.248 e. The second-order valence-corrected chi connectivity index (χ2v) is 4.81. The predicted molar refractivity (Wildman–Crippen MR) is 82.0 cm³/mol. The summed E-state index contributed by atoms with van der Waals surface area (Å²) >= 11 is 5.79. The maximum atomic E-state index is 11.8. The topological polar surface area (TPSA) is 49.3 Å². The van der Waals surface area contributed by atoms with Crippen LogP contribution in [0.25, 0.3) is 6.08 Å². The molecule has 0 saturated heterocycles. The van der Waals surface area contributed by atoms with E-state index in [1.54, 1.807) is 43.3 Å². The van der Waals surface area contributed by atoms with Crippen LogP contribution in [0.3, 0.4) is 0 Å². The molecular formula is C16H14ClNO2. The Morgan fingerprint density at radius 2 is 1.90 bits per heavy atom. The Morgan fingerprint density at radius 3 is 2.55 bits per heavy atom. The van der Waals surface area contributed by atoms with Crippen LogP contribution < -0.4 is 5.32 Å². The molecule has 0 aliphatic heterocycles. The lowest BCUT2D eigenvalue weighted by Gasteiger charge is -2.04. The van der Waals surface area contributed by atoms with Crippen LogP contribution in [0.2, 0.25) is 5.02 Å². The first kappa shape index (κ1) is 14.2. The number of hydrogen-bond acceptors (Lipinski definition) is 2. The standard InChI is InChI=1S/C16H14ClNO2/c1-11-10-14(7-8-15(11)19)18-16(20)9-4-12-2-5-13(17)6-3-12/h2-10,19H,1H3,(H,18,20)/b9-4+. The minimum atomic E-state index is -0.231. The average Bonchev–Trinajstić information content (AvgIpc) is 2.42. The van der Waals surface area contributed by atoms with Crippen molar-refractivity contribution in [3.63, 3.8) is 0 Å². The molecule has 102 valence electrons. The third-order valence-corrected chi connectivity index (χ3v) is 3.01. The molecule has 4 heteroatoms. The highest BCUT2D eigenvalue weighted by atomic mass is 35.5. The molecule has 0 bridgehead atoms. The average molecular weight is 288 g/mol. The van der Waals surface area contributed by atoms with Gasteiger partial charge >= 0.3 is 0 Å². The summed E-state index contributed by atoms with van der Waals surface area (Å²) in [6, 6.07) is 12.1. The summed E-state index contributed by atoms with van der Waals surface area (Å²) in [5.41, 5.74) is 2.25. The number of hydrogen-bond donors (Lipinski definition) is 2. The van der Waals surface area contributed by atoms with Crippen molar-refractivity contribution in [2.75, 3.05) is 5.32 Å². The van der Waals surface area contributed by atoms with Gasteiger partial charge in [0, 0.05) is 16.8 Å². The van der Waals surface area contributed by atoms with E-state index >= 15 is 0 Å². The van der Waals surface area contributed by atoms with E-state index in [4.69, 9.17) is 11.6 Å². The maximum Gasteiger partial charge on any atom is 0.248 e. The number of benzene rings is 2. The fourth-order valence-corrected chi connectivity index (χ4v) is 1.79. The highest BCUT2D eigenvalue weighted by molar-refractivity contribution is 6.30. The van der Waals surface area contributed by atoms with Gasteiger partial charge in [0.05, 0.1) is 0 Å². The molecule has 2 aromatic carbocycles. The number of anilines is 1. The summed E-state index contributed by atoms with van der Waals surface area (Å²) in [6.45, 7) is 1.77. The van der Waals surface area contributed by atoms with Gasteiger partial charge in [-0.3, -0.25) is 4.79 Å². The molecule has 0 aliphatic carbocycles. The zero-order valence-electron chi connectivity index (χ0n) is 10.9. The number of phenols is 1. The van der Waals surface area contributed by atoms with Gasteiger partial charge in [0.25, 0.3) is 0 Å². The zero-order chi connectivity index (χ0) is 14.5. The zero-order valence-corrected chi connectivity index (χ0v) is 11.7. The number of carbonyl (C=O) groups excluding carboxylic acids is 1. The number of aryl methyl sites for hydroxylation is 1. The molecule has 0 atom stereocenters. The van der Waals surface area contributed by atoms with E-state index in [2.05, 4.69) is 5.32 Å². The first-order valence-corrected chi connectivity index (χ1v) is 6.46. The van der Waals surface area contributed by atoms with Crippen LogP contribution in [-0.4, -0.2) is 11.0 Å². The van der Waals surface area contributed by atoms with Gasteiger partial charge in [-0.2, -0.15) is 0 Å². The lowest BCUT2D eigenvalue weighted by Crippen LogP contribution is -2.07. The van der Waals surface area contributed by atoms with Crippen LogP contribution in [0.5, 0.6) is 5.75 Å². The van der Waals surface area contributed by atoms with E-state index < -0.39 is 0 Å². The first-order valence-electron chi connectivity index (χ1n) is 6.09. The molecule has 2 N–H and O–H groups in total. The van der Waals surface area contributed by atoms with E-state index in [9.17, 15) is 9.90 Å². The summed E-state index contributed by atoms with van der Waals surface area (Å²) in [5, 5.41) is 12.8. The summed E-state index contributed by atoms with van der Waals surface area (Å²) in [6.07, 6.45) is 3.16. The Balaban J connectivity index is 2.01. The second kappa shape index (κ2) is 6.26. The quantitative estimate of drug-likeness (QED) is 0.662.